The molecular formula is C7H5Br2N5O2S. The van der Waals surface area contributed by atoms with Crippen molar-refractivity contribution < 1.29 is 8.42 Å². The fraction of sp³-hybridized carbons (Fsp3) is 0. The molecule has 10 heteroatoms. The van der Waals surface area contributed by atoms with E-state index >= 15 is 0 Å². The van der Waals surface area contributed by atoms with Crippen molar-refractivity contribution in [3.63, 3.8) is 0 Å². The second-order valence-electron chi connectivity index (χ2n) is 2.86. The maximum Gasteiger partial charge on any atom is 0.280 e. The monoisotopic (exact) mass is 381 g/mol. The van der Waals surface area contributed by atoms with Crippen LogP contribution < -0.4 is 4.72 Å². The van der Waals surface area contributed by atoms with Crippen LogP contribution in [0.1, 0.15) is 0 Å². The van der Waals surface area contributed by atoms with Gasteiger partial charge in [-0.25, -0.2) is 9.97 Å². The lowest BCUT2D eigenvalue weighted by molar-refractivity contribution is 0.597. The summed E-state index contributed by atoms with van der Waals surface area (Å²) in [7, 11) is -3.72. The predicted molar refractivity (Wildman–Crippen MR) is 66.8 cm³/mol. The number of aromatic nitrogens is 4. The Hall–Kier alpha value is -1.00. The van der Waals surface area contributed by atoms with E-state index in [0.29, 0.717) is 4.60 Å². The smallest absolute Gasteiger partial charge is 0.266 e. The molecule has 0 fully saturated rings. The summed E-state index contributed by atoms with van der Waals surface area (Å²) < 4.78 is 26.7. The lowest BCUT2D eigenvalue weighted by atomic mass is 10.7. The molecule has 0 spiro atoms. The van der Waals surface area contributed by atoms with E-state index in [1.54, 1.807) is 0 Å². The van der Waals surface area contributed by atoms with Gasteiger partial charge in [0.2, 0.25) is 0 Å². The Kier molecular flexibility index (Phi) is 3.45. The van der Waals surface area contributed by atoms with Gasteiger partial charge in [0.1, 0.15) is 4.60 Å². The number of hydrogen-bond donors (Lipinski definition) is 2. The number of nitrogens with zero attached hydrogens (tertiary/aromatic N) is 3. The molecule has 0 amide bonds. The highest BCUT2D eigenvalue weighted by Gasteiger charge is 2.18. The van der Waals surface area contributed by atoms with Gasteiger partial charge in [-0.15, -0.1) is 0 Å². The van der Waals surface area contributed by atoms with Gasteiger partial charge in [-0.05, 0) is 37.9 Å². The molecular weight excluding hydrogens is 378 g/mol. The number of hydrogen-bond acceptors (Lipinski definition) is 5. The average Bonchev–Trinajstić information content (AvgIpc) is 2.76. The van der Waals surface area contributed by atoms with Crippen molar-refractivity contribution >= 4 is 47.7 Å². The zero-order chi connectivity index (χ0) is 12.5. The summed E-state index contributed by atoms with van der Waals surface area (Å²) in [5, 5.41) is 5.88. The van der Waals surface area contributed by atoms with Crippen molar-refractivity contribution in [3.8, 4) is 0 Å². The van der Waals surface area contributed by atoms with Gasteiger partial charge in [0.15, 0.2) is 15.4 Å². The highest BCUT2D eigenvalue weighted by molar-refractivity contribution is 9.11. The van der Waals surface area contributed by atoms with Crippen molar-refractivity contribution in [2.45, 2.75) is 5.03 Å². The summed E-state index contributed by atoms with van der Waals surface area (Å²) in [4.78, 5) is 7.85. The first-order chi connectivity index (χ1) is 7.99. The zero-order valence-electron chi connectivity index (χ0n) is 8.05. The van der Waals surface area contributed by atoms with E-state index < -0.39 is 10.0 Å². The molecule has 17 heavy (non-hydrogen) atoms. The Balaban J connectivity index is 2.33. The van der Waals surface area contributed by atoms with Gasteiger partial charge in [-0.2, -0.15) is 13.5 Å². The molecule has 0 unspecified atom stereocenters. The van der Waals surface area contributed by atoms with Crippen molar-refractivity contribution in [3.05, 3.63) is 27.7 Å². The quantitative estimate of drug-likeness (QED) is 0.838. The Labute approximate surface area is 113 Å². The standard InChI is InChI=1S/C7H5Br2N5O2S/c8-4-3-10-7(6(9)12-4)14-17(15,16)5-1-2-11-13-5/h1-3H,(H,10,14)(H,11,13). The van der Waals surface area contributed by atoms with Crippen LogP contribution in [0.5, 0.6) is 0 Å². The van der Waals surface area contributed by atoms with E-state index in [4.69, 9.17) is 0 Å². The molecule has 2 heterocycles. The van der Waals surface area contributed by atoms with E-state index in [9.17, 15) is 8.42 Å². The van der Waals surface area contributed by atoms with E-state index in [-0.39, 0.29) is 15.4 Å². The number of H-pyrrole nitrogens is 1. The minimum atomic E-state index is -3.72. The molecule has 7 nitrogen and oxygen atoms in total. The summed E-state index contributed by atoms with van der Waals surface area (Å²) in [6, 6.07) is 1.34. The lowest BCUT2D eigenvalue weighted by Gasteiger charge is -2.06. The first-order valence-corrected chi connectivity index (χ1v) is 7.26. The van der Waals surface area contributed by atoms with E-state index in [1.807, 2.05) is 0 Å². The maximum atomic E-state index is 11.8. The number of sulfonamides is 1. The summed E-state index contributed by atoms with van der Waals surface area (Å²) in [6.07, 6.45) is 2.73. The number of anilines is 1. The van der Waals surface area contributed by atoms with E-state index in [1.165, 1.54) is 18.5 Å². The van der Waals surface area contributed by atoms with Crippen molar-refractivity contribution in [1.82, 2.24) is 20.2 Å². The molecule has 0 saturated carbocycles. The minimum Gasteiger partial charge on any atom is -0.266 e. The molecule has 0 aliphatic heterocycles. The van der Waals surface area contributed by atoms with E-state index in [0.717, 1.165) is 0 Å². The second kappa shape index (κ2) is 4.70. The Morgan fingerprint density at radius 3 is 2.71 bits per heavy atom. The zero-order valence-corrected chi connectivity index (χ0v) is 12.0. The Bertz CT molecular complexity index is 628. The molecule has 2 N–H and O–H groups in total. The Morgan fingerprint density at radius 1 is 1.35 bits per heavy atom. The van der Waals surface area contributed by atoms with Crippen LogP contribution in [0.2, 0.25) is 0 Å². The van der Waals surface area contributed by atoms with Gasteiger partial charge >= 0.3 is 0 Å². The molecule has 2 aromatic heterocycles. The summed E-state index contributed by atoms with van der Waals surface area (Å²) in [5.41, 5.74) is 0. The second-order valence-corrected chi connectivity index (χ2v) is 6.07. The van der Waals surface area contributed by atoms with E-state index in [2.05, 4.69) is 56.7 Å². The number of halogens is 2. The first-order valence-electron chi connectivity index (χ1n) is 4.19. The molecule has 0 bridgehead atoms. The molecule has 2 aromatic rings. The van der Waals surface area contributed by atoms with Gasteiger partial charge < -0.3 is 0 Å². The van der Waals surface area contributed by atoms with Gasteiger partial charge in [0, 0.05) is 0 Å². The lowest BCUT2D eigenvalue weighted by Crippen LogP contribution is -2.15. The molecule has 0 radical (unpaired) electrons. The molecule has 0 saturated heterocycles. The fourth-order valence-electron chi connectivity index (χ4n) is 0.990. The van der Waals surface area contributed by atoms with Crippen LogP contribution in [-0.2, 0) is 10.0 Å². The topological polar surface area (TPSA) is 101 Å². The first kappa shape index (κ1) is 12.5. The van der Waals surface area contributed by atoms with Gasteiger partial charge in [-0.3, -0.25) is 9.82 Å². The molecule has 90 valence electrons. The number of rotatable bonds is 3. The normalized spacial score (nSPS) is 11.4. The highest BCUT2D eigenvalue weighted by Crippen LogP contribution is 2.21. The van der Waals surface area contributed by atoms with Crippen LogP contribution in [-0.4, -0.2) is 28.6 Å². The Morgan fingerprint density at radius 2 is 2.12 bits per heavy atom. The molecule has 0 aliphatic carbocycles. The predicted octanol–water partition coefficient (Wildman–Crippen LogP) is 1.53. The van der Waals surface area contributed by atoms with Crippen LogP contribution in [0.3, 0.4) is 0 Å². The number of nitrogens with one attached hydrogen (secondary N) is 2. The van der Waals surface area contributed by atoms with Crippen LogP contribution in [0.25, 0.3) is 0 Å². The molecule has 2 rings (SSSR count). The number of aromatic amines is 1. The highest BCUT2D eigenvalue weighted by atomic mass is 79.9. The summed E-state index contributed by atoms with van der Waals surface area (Å²) in [5.74, 6) is 0.0998. The van der Waals surface area contributed by atoms with Crippen LogP contribution in [0.4, 0.5) is 5.82 Å². The molecule has 0 aromatic carbocycles. The fourth-order valence-corrected chi connectivity index (χ4v) is 2.96. The van der Waals surface area contributed by atoms with Gasteiger partial charge in [0.05, 0.1) is 12.4 Å². The van der Waals surface area contributed by atoms with Gasteiger partial charge in [0.25, 0.3) is 10.0 Å². The average molecular weight is 383 g/mol. The summed E-state index contributed by atoms with van der Waals surface area (Å²) in [6.45, 7) is 0. The third-order valence-electron chi connectivity index (χ3n) is 1.70. The van der Waals surface area contributed by atoms with Crippen molar-refractivity contribution in [2.24, 2.45) is 0 Å². The van der Waals surface area contributed by atoms with Crippen LogP contribution in [0, 0.1) is 0 Å². The molecule has 0 aliphatic rings. The van der Waals surface area contributed by atoms with Crippen LogP contribution in [0.15, 0.2) is 32.7 Å². The van der Waals surface area contributed by atoms with Gasteiger partial charge in [-0.1, -0.05) is 0 Å². The minimum absolute atomic E-state index is 0.0471. The van der Waals surface area contributed by atoms with Crippen molar-refractivity contribution in [1.29, 1.82) is 0 Å². The van der Waals surface area contributed by atoms with Crippen LogP contribution >= 0.6 is 31.9 Å². The maximum absolute atomic E-state index is 11.8. The largest absolute Gasteiger partial charge is 0.280 e. The van der Waals surface area contributed by atoms with Crippen molar-refractivity contribution in [2.75, 3.05) is 4.72 Å². The molecule has 0 atom stereocenters. The summed E-state index contributed by atoms with van der Waals surface area (Å²) >= 11 is 6.22. The third kappa shape index (κ3) is 2.82. The SMILES string of the molecule is O=S(=O)(Nc1ncc(Br)nc1Br)c1ccn[nH]1. The third-order valence-corrected chi connectivity index (χ3v) is 3.90.